The fourth-order valence-electron chi connectivity index (χ4n) is 3.11. The fraction of sp³-hybridized carbons (Fsp3) is 0.538. The van der Waals surface area contributed by atoms with Gasteiger partial charge in [-0.2, -0.15) is 0 Å². The van der Waals surface area contributed by atoms with Crippen molar-refractivity contribution in [2.75, 3.05) is 6.54 Å². The average molecular weight is 187 g/mol. The van der Waals surface area contributed by atoms with Crippen LogP contribution in [-0.2, 0) is 0 Å². The summed E-state index contributed by atoms with van der Waals surface area (Å²) in [5.41, 5.74) is 1.48. The second-order valence-electron chi connectivity index (χ2n) is 4.74. The third-order valence-electron chi connectivity index (χ3n) is 3.84. The van der Waals surface area contributed by atoms with Crippen LogP contribution in [0.2, 0.25) is 0 Å². The van der Waals surface area contributed by atoms with Crippen molar-refractivity contribution < 1.29 is 0 Å². The van der Waals surface area contributed by atoms with Crippen molar-refractivity contribution >= 4 is 0 Å². The summed E-state index contributed by atoms with van der Waals surface area (Å²) in [5, 5.41) is 3.70. The summed E-state index contributed by atoms with van der Waals surface area (Å²) in [6.07, 6.45) is 4.32. The van der Waals surface area contributed by atoms with Gasteiger partial charge in [0.2, 0.25) is 0 Å². The molecule has 1 aliphatic carbocycles. The van der Waals surface area contributed by atoms with Crippen LogP contribution in [0.3, 0.4) is 0 Å². The van der Waals surface area contributed by atoms with Gasteiger partial charge >= 0.3 is 0 Å². The zero-order valence-corrected chi connectivity index (χ0v) is 8.45. The van der Waals surface area contributed by atoms with Gasteiger partial charge < -0.3 is 5.32 Å². The molecule has 1 heteroatoms. The maximum absolute atomic E-state index is 3.70. The second kappa shape index (κ2) is 3.39. The van der Waals surface area contributed by atoms with E-state index in [4.69, 9.17) is 0 Å². The van der Waals surface area contributed by atoms with Crippen LogP contribution in [0.15, 0.2) is 30.3 Å². The van der Waals surface area contributed by atoms with Crippen molar-refractivity contribution in [1.29, 1.82) is 0 Å². The van der Waals surface area contributed by atoms with Crippen molar-refractivity contribution in [1.82, 2.24) is 5.32 Å². The molecule has 1 saturated heterocycles. The highest BCUT2D eigenvalue weighted by Crippen LogP contribution is 2.42. The molecule has 1 saturated carbocycles. The summed E-state index contributed by atoms with van der Waals surface area (Å²) < 4.78 is 0. The van der Waals surface area contributed by atoms with Gasteiger partial charge in [0.25, 0.3) is 0 Å². The first-order chi connectivity index (χ1) is 6.93. The molecule has 3 unspecified atom stereocenters. The SMILES string of the molecule is c1ccc(C2NCC3CCC2C3)cc1. The Hall–Kier alpha value is -0.820. The topological polar surface area (TPSA) is 12.0 Å². The van der Waals surface area contributed by atoms with E-state index in [2.05, 4.69) is 35.6 Å². The summed E-state index contributed by atoms with van der Waals surface area (Å²) >= 11 is 0. The molecule has 0 amide bonds. The molecule has 1 aliphatic heterocycles. The zero-order chi connectivity index (χ0) is 9.38. The summed E-state index contributed by atoms with van der Waals surface area (Å²) in [7, 11) is 0. The van der Waals surface area contributed by atoms with Gasteiger partial charge in [-0.1, -0.05) is 30.3 Å². The van der Waals surface area contributed by atoms with Crippen LogP contribution in [-0.4, -0.2) is 6.54 Å². The standard InChI is InChI=1S/C13H17N/c1-2-4-11(5-3-1)13-12-7-6-10(8-12)9-14-13/h1-5,10,12-14H,6-9H2. The summed E-state index contributed by atoms with van der Waals surface area (Å²) in [4.78, 5) is 0. The van der Waals surface area contributed by atoms with E-state index in [9.17, 15) is 0 Å². The lowest BCUT2D eigenvalue weighted by Crippen LogP contribution is -2.34. The van der Waals surface area contributed by atoms with E-state index in [0.29, 0.717) is 6.04 Å². The quantitative estimate of drug-likeness (QED) is 0.713. The fourth-order valence-corrected chi connectivity index (χ4v) is 3.11. The summed E-state index contributed by atoms with van der Waals surface area (Å²) in [6, 6.07) is 11.6. The molecule has 14 heavy (non-hydrogen) atoms. The molecule has 1 aromatic rings. The largest absolute Gasteiger partial charge is 0.309 e. The van der Waals surface area contributed by atoms with E-state index < -0.39 is 0 Å². The lowest BCUT2D eigenvalue weighted by Gasteiger charge is -2.30. The van der Waals surface area contributed by atoms with Crippen molar-refractivity contribution in [3.63, 3.8) is 0 Å². The van der Waals surface area contributed by atoms with Crippen LogP contribution < -0.4 is 5.32 Å². The number of nitrogens with one attached hydrogen (secondary N) is 1. The molecule has 0 spiro atoms. The first-order valence-electron chi connectivity index (χ1n) is 5.72. The predicted octanol–water partition coefficient (Wildman–Crippen LogP) is 2.75. The number of fused-ring (bicyclic) bond motifs is 2. The molecule has 0 aromatic heterocycles. The molecule has 0 radical (unpaired) electrons. The molecule has 3 rings (SSSR count). The Morgan fingerprint density at radius 1 is 1.07 bits per heavy atom. The van der Waals surface area contributed by atoms with Crippen molar-refractivity contribution in [2.45, 2.75) is 25.3 Å². The Labute approximate surface area is 85.5 Å². The average Bonchev–Trinajstić information content (AvgIpc) is 2.62. The third kappa shape index (κ3) is 1.36. The normalized spacial score (nSPS) is 35.9. The summed E-state index contributed by atoms with van der Waals surface area (Å²) in [5.74, 6) is 1.87. The molecular weight excluding hydrogens is 170 g/mol. The highest BCUT2D eigenvalue weighted by molar-refractivity contribution is 5.21. The number of piperidine rings is 1. The van der Waals surface area contributed by atoms with Crippen LogP contribution in [0.1, 0.15) is 30.9 Å². The van der Waals surface area contributed by atoms with Gasteiger partial charge in [0.05, 0.1) is 0 Å². The monoisotopic (exact) mass is 187 g/mol. The second-order valence-corrected chi connectivity index (χ2v) is 4.74. The van der Waals surface area contributed by atoms with Gasteiger partial charge in [0.15, 0.2) is 0 Å². The molecule has 2 fully saturated rings. The minimum atomic E-state index is 0.634. The molecule has 3 atom stereocenters. The van der Waals surface area contributed by atoms with E-state index >= 15 is 0 Å². The molecule has 1 nitrogen and oxygen atoms in total. The predicted molar refractivity (Wildman–Crippen MR) is 58.0 cm³/mol. The Kier molecular flexibility index (Phi) is 2.06. The smallest absolute Gasteiger partial charge is 0.0348 e. The number of hydrogen-bond acceptors (Lipinski definition) is 1. The zero-order valence-electron chi connectivity index (χ0n) is 8.45. The van der Waals surface area contributed by atoms with E-state index in [-0.39, 0.29) is 0 Å². The van der Waals surface area contributed by atoms with Gasteiger partial charge in [-0.15, -0.1) is 0 Å². The van der Waals surface area contributed by atoms with E-state index in [0.717, 1.165) is 11.8 Å². The number of hydrogen-bond donors (Lipinski definition) is 1. The van der Waals surface area contributed by atoms with Gasteiger partial charge in [-0.25, -0.2) is 0 Å². The van der Waals surface area contributed by atoms with Crippen LogP contribution in [0.5, 0.6) is 0 Å². The van der Waals surface area contributed by atoms with Gasteiger partial charge in [0, 0.05) is 6.04 Å². The minimum absolute atomic E-state index is 0.634. The lowest BCUT2D eigenvalue weighted by molar-refractivity contribution is 0.293. The van der Waals surface area contributed by atoms with Crippen molar-refractivity contribution in [2.24, 2.45) is 11.8 Å². The third-order valence-corrected chi connectivity index (χ3v) is 3.84. The van der Waals surface area contributed by atoms with Crippen molar-refractivity contribution in [3.05, 3.63) is 35.9 Å². The summed E-state index contributed by atoms with van der Waals surface area (Å²) in [6.45, 7) is 1.23. The lowest BCUT2D eigenvalue weighted by atomic mass is 9.88. The van der Waals surface area contributed by atoms with E-state index in [1.54, 1.807) is 0 Å². The first kappa shape index (κ1) is 8.49. The van der Waals surface area contributed by atoms with Crippen LogP contribution in [0.4, 0.5) is 0 Å². The minimum Gasteiger partial charge on any atom is -0.309 e. The molecule has 2 bridgehead atoms. The maximum atomic E-state index is 3.70. The van der Waals surface area contributed by atoms with E-state index in [1.165, 1.54) is 31.4 Å². The molecule has 1 heterocycles. The Balaban J connectivity index is 1.85. The number of benzene rings is 1. The van der Waals surface area contributed by atoms with Gasteiger partial charge in [-0.3, -0.25) is 0 Å². The highest BCUT2D eigenvalue weighted by atomic mass is 14.9. The van der Waals surface area contributed by atoms with Crippen LogP contribution in [0, 0.1) is 11.8 Å². The Morgan fingerprint density at radius 2 is 1.93 bits per heavy atom. The molecule has 1 aromatic carbocycles. The van der Waals surface area contributed by atoms with E-state index in [1.807, 2.05) is 0 Å². The molecule has 1 N–H and O–H groups in total. The maximum Gasteiger partial charge on any atom is 0.0348 e. The molecule has 74 valence electrons. The number of rotatable bonds is 1. The Bertz CT molecular complexity index is 306. The molecule has 2 aliphatic rings. The van der Waals surface area contributed by atoms with Gasteiger partial charge in [-0.05, 0) is 43.2 Å². The van der Waals surface area contributed by atoms with Crippen LogP contribution in [0.25, 0.3) is 0 Å². The van der Waals surface area contributed by atoms with Crippen LogP contribution >= 0.6 is 0 Å². The Morgan fingerprint density at radius 3 is 2.79 bits per heavy atom. The van der Waals surface area contributed by atoms with Gasteiger partial charge in [0.1, 0.15) is 0 Å². The molecular formula is C13H17N. The van der Waals surface area contributed by atoms with Crippen molar-refractivity contribution in [3.8, 4) is 0 Å². The first-order valence-corrected chi connectivity index (χ1v) is 5.72. The highest BCUT2D eigenvalue weighted by Gasteiger charge is 2.35.